The lowest BCUT2D eigenvalue weighted by Crippen LogP contribution is -2.57. The number of hydrogen-bond acceptors (Lipinski definition) is 6. The van der Waals surface area contributed by atoms with E-state index >= 15 is 0 Å². The second-order valence-corrected chi connectivity index (χ2v) is 4.68. The first-order valence-corrected chi connectivity index (χ1v) is 6.09. The van der Waals surface area contributed by atoms with E-state index in [1.165, 1.54) is 6.33 Å². The summed E-state index contributed by atoms with van der Waals surface area (Å²) in [6.45, 7) is 2.79. The molecule has 0 amide bonds. The summed E-state index contributed by atoms with van der Waals surface area (Å²) in [6.07, 6.45) is 3.22. The van der Waals surface area contributed by atoms with E-state index in [4.69, 9.17) is 0 Å². The van der Waals surface area contributed by atoms with Gasteiger partial charge in [0.2, 0.25) is 0 Å². The largest absolute Gasteiger partial charge is 0.344 e. The Kier molecular flexibility index (Phi) is 4.22. The van der Waals surface area contributed by atoms with Crippen molar-refractivity contribution >= 4 is 11.6 Å². The molecule has 2 heterocycles. The number of ketones is 1. The smallest absolute Gasteiger partial charge is 0.170 e. The first kappa shape index (κ1) is 12.9. The van der Waals surface area contributed by atoms with Gasteiger partial charge < -0.3 is 15.1 Å². The molecule has 1 N–H and O–H groups in total. The summed E-state index contributed by atoms with van der Waals surface area (Å²) in [5.74, 6) is 1.04. The lowest BCUT2D eigenvalue weighted by Gasteiger charge is -2.36. The maximum atomic E-state index is 12.2. The molecule has 6 nitrogen and oxygen atoms in total. The van der Waals surface area contributed by atoms with E-state index in [9.17, 15) is 4.79 Å². The lowest BCUT2D eigenvalue weighted by molar-refractivity contribution is -0.121. The Bertz CT molecular complexity index is 395. The maximum Gasteiger partial charge on any atom is 0.170 e. The minimum atomic E-state index is -0.143. The van der Waals surface area contributed by atoms with Gasteiger partial charge >= 0.3 is 0 Å². The van der Waals surface area contributed by atoms with Crippen LogP contribution in [0.2, 0.25) is 0 Å². The molecule has 1 aromatic heterocycles. The molecule has 0 bridgehead atoms. The Hall–Kier alpha value is -1.53. The van der Waals surface area contributed by atoms with Crippen molar-refractivity contribution in [2.75, 3.05) is 45.2 Å². The average molecular weight is 249 g/mol. The van der Waals surface area contributed by atoms with E-state index < -0.39 is 0 Å². The third kappa shape index (κ3) is 3.02. The first-order chi connectivity index (χ1) is 8.68. The third-order valence-electron chi connectivity index (χ3n) is 2.95. The number of likely N-dealkylation sites (N-methyl/N-ethyl adjacent to an activating group) is 1. The number of piperazine rings is 1. The van der Waals surface area contributed by atoms with Gasteiger partial charge in [0.25, 0.3) is 0 Å². The van der Waals surface area contributed by atoms with Crippen molar-refractivity contribution in [1.29, 1.82) is 0 Å². The third-order valence-corrected chi connectivity index (χ3v) is 2.95. The number of anilines is 1. The summed E-state index contributed by atoms with van der Waals surface area (Å²) in [5.41, 5.74) is 0. The van der Waals surface area contributed by atoms with Gasteiger partial charge in [-0.25, -0.2) is 9.97 Å². The molecule has 0 radical (unpaired) electrons. The van der Waals surface area contributed by atoms with Gasteiger partial charge in [0.1, 0.15) is 18.2 Å². The fourth-order valence-corrected chi connectivity index (χ4v) is 2.14. The van der Waals surface area contributed by atoms with E-state index in [-0.39, 0.29) is 11.8 Å². The van der Waals surface area contributed by atoms with Crippen molar-refractivity contribution in [3.05, 3.63) is 18.6 Å². The molecule has 0 aliphatic carbocycles. The SMILES string of the molecule is CN(C)CC(=O)C1CNCCN1c1ccncn1. The molecule has 2 rings (SSSR count). The van der Waals surface area contributed by atoms with E-state index in [0.717, 1.165) is 18.9 Å². The summed E-state index contributed by atoms with van der Waals surface area (Å²) in [6, 6.07) is 1.71. The number of aromatic nitrogens is 2. The molecule has 1 aliphatic heterocycles. The summed E-state index contributed by atoms with van der Waals surface area (Å²) >= 11 is 0. The average Bonchev–Trinajstić information content (AvgIpc) is 2.39. The number of hydrogen-bond donors (Lipinski definition) is 1. The number of nitrogens with zero attached hydrogens (tertiary/aromatic N) is 4. The second kappa shape index (κ2) is 5.88. The molecule has 1 aromatic rings. The Morgan fingerprint density at radius 1 is 1.61 bits per heavy atom. The van der Waals surface area contributed by atoms with E-state index in [0.29, 0.717) is 13.1 Å². The van der Waals surface area contributed by atoms with Crippen molar-refractivity contribution in [3.8, 4) is 0 Å². The Morgan fingerprint density at radius 3 is 3.11 bits per heavy atom. The van der Waals surface area contributed by atoms with Crippen LogP contribution in [0.25, 0.3) is 0 Å². The second-order valence-electron chi connectivity index (χ2n) is 4.68. The van der Waals surface area contributed by atoms with Crippen LogP contribution in [0.1, 0.15) is 0 Å². The zero-order valence-electron chi connectivity index (χ0n) is 10.8. The van der Waals surface area contributed by atoms with Crippen LogP contribution in [-0.4, -0.2) is 67.0 Å². The van der Waals surface area contributed by atoms with Gasteiger partial charge in [-0.1, -0.05) is 0 Å². The zero-order valence-corrected chi connectivity index (χ0v) is 10.8. The van der Waals surface area contributed by atoms with Crippen LogP contribution >= 0.6 is 0 Å². The fourth-order valence-electron chi connectivity index (χ4n) is 2.14. The molecule has 1 aliphatic rings. The highest BCUT2D eigenvalue weighted by Gasteiger charge is 2.29. The molecule has 18 heavy (non-hydrogen) atoms. The van der Waals surface area contributed by atoms with Crippen molar-refractivity contribution in [3.63, 3.8) is 0 Å². The minimum absolute atomic E-state index is 0.143. The maximum absolute atomic E-state index is 12.2. The first-order valence-electron chi connectivity index (χ1n) is 6.09. The highest BCUT2D eigenvalue weighted by molar-refractivity contribution is 5.89. The van der Waals surface area contributed by atoms with Crippen LogP contribution < -0.4 is 10.2 Å². The normalized spacial score (nSPS) is 20.2. The van der Waals surface area contributed by atoms with E-state index in [2.05, 4.69) is 20.2 Å². The quantitative estimate of drug-likeness (QED) is 0.768. The van der Waals surface area contributed by atoms with Gasteiger partial charge in [-0.15, -0.1) is 0 Å². The van der Waals surface area contributed by atoms with Crippen molar-refractivity contribution in [2.24, 2.45) is 0 Å². The molecule has 98 valence electrons. The van der Waals surface area contributed by atoms with Crippen molar-refractivity contribution < 1.29 is 4.79 Å². The Balaban J connectivity index is 2.13. The summed E-state index contributed by atoms with van der Waals surface area (Å²) in [4.78, 5) is 24.3. The fraction of sp³-hybridized carbons (Fsp3) is 0.583. The highest BCUT2D eigenvalue weighted by atomic mass is 16.1. The summed E-state index contributed by atoms with van der Waals surface area (Å²) in [5, 5.41) is 3.26. The molecule has 1 atom stereocenters. The van der Waals surface area contributed by atoms with E-state index in [1.54, 1.807) is 6.20 Å². The van der Waals surface area contributed by atoms with Gasteiger partial charge in [0.05, 0.1) is 6.54 Å². The van der Waals surface area contributed by atoms with Crippen molar-refractivity contribution in [1.82, 2.24) is 20.2 Å². The van der Waals surface area contributed by atoms with Crippen LogP contribution in [0.15, 0.2) is 18.6 Å². The molecule has 1 saturated heterocycles. The van der Waals surface area contributed by atoms with Crippen LogP contribution in [0.4, 0.5) is 5.82 Å². The number of carbonyl (C=O) groups is 1. The van der Waals surface area contributed by atoms with Crippen LogP contribution in [0.3, 0.4) is 0 Å². The van der Waals surface area contributed by atoms with Crippen LogP contribution in [0.5, 0.6) is 0 Å². The number of carbonyl (C=O) groups excluding carboxylic acids is 1. The molecular formula is C12H19N5O. The number of nitrogens with one attached hydrogen (secondary N) is 1. The Morgan fingerprint density at radius 2 is 2.44 bits per heavy atom. The van der Waals surface area contributed by atoms with Gasteiger partial charge in [0.15, 0.2) is 5.78 Å². The Labute approximate surface area is 107 Å². The molecule has 1 unspecified atom stereocenters. The molecule has 6 heteroatoms. The standard InChI is InChI=1S/C12H19N5O/c1-16(2)8-11(18)10-7-13-5-6-17(10)12-3-4-14-9-15-12/h3-4,9-10,13H,5-8H2,1-2H3. The molecule has 0 saturated carbocycles. The molecule has 0 spiro atoms. The van der Waals surface area contributed by atoms with Gasteiger partial charge in [-0.2, -0.15) is 0 Å². The van der Waals surface area contributed by atoms with Gasteiger partial charge in [-0.05, 0) is 20.2 Å². The monoisotopic (exact) mass is 249 g/mol. The van der Waals surface area contributed by atoms with Gasteiger partial charge in [-0.3, -0.25) is 4.79 Å². The number of rotatable bonds is 4. The summed E-state index contributed by atoms with van der Waals surface area (Å²) in [7, 11) is 3.81. The topological polar surface area (TPSA) is 61.4 Å². The van der Waals surface area contributed by atoms with E-state index in [1.807, 2.05) is 25.1 Å². The van der Waals surface area contributed by atoms with Crippen LogP contribution in [-0.2, 0) is 4.79 Å². The zero-order chi connectivity index (χ0) is 13.0. The molecular weight excluding hydrogens is 230 g/mol. The number of Topliss-reactive ketones (excluding diaryl/α,β-unsaturated/α-hetero) is 1. The summed E-state index contributed by atoms with van der Waals surface area (Å²) < 4.78 is 0. The van der Waals surface area contributed by atoms with Gasteiger partial charge in [0, 0.05) is 25.8 Å². The molecule has 0 aromatic carbocycles. The van der Waals surface area contributed by atoms with Crippen LogP contribution in [0, 0.1) is 0 Å². The van der Waals surface area contributed by atoms with Crippen molar-refractivity contribution in [2.45, 2.75) is 6.04 Å². The lowest BCUT2D eigenvalue weighted by atomic mass is 10.1. The minimum Gasteiger partial charge on any atom is -0.344 e. The predicted molar refractivity (Wildman–Crippen MR) is 69.6 cm³/mol. The molecule has 1 fully saturated rings. The predicted octanol–water partition coefficient (Wildman–Crippen LogP) is -0.614. The highest BCUT2D eigenvalue weighted by Crippen LogP contribution is 2.15.